The van der Waals surface area contributed by atoms with Gasteiger partial charge in [0.2, 0.25) is 11.8 Å². The Morgan fingerprint density at radius 2 is 1.82 bits per heavy atom. The van der Waals surface area contributed by atoms with Crippen molar-refractivity contribution >= 4 is 39.1 Å². The highest BCUT2D eigenvalue weighted by atomic mass is 32.2. The molecule has 0 aliphatic carbocycles. The second-order valence-electron chi connectivity index (χ2n) is 5.96. The third-order valence-electron chi connectivity index (χ3n) is 3.99. The number of methoxy groups -OCH3 is 1. The highest BCUT2D eigenvalue weighted by Gasteiger charge is 2.41. The predicted octanol–water partition coefficient (Wildman–Crippen LogP) is 1.44. The van der Waals surface area contributed by atoms with Crippen LogP contribution in [0.2, 0.25) is 0 Å². The van der Waals surface area contributed by atoms with E-state index in [-0.39, 0.29) is 22.1 Å². The van der Waals surface area contributed by atoms with E-state index in [0.29, 0.717) is 15.7 Å². The molecule has 1 aliphatic rings. The van der Waals surface area contributed by atoms with Gasteiger partial charge in [-0.2, -0.15) is 0 Å². The third-order valence-corrected chi connectivity index (χ3v) is 5.78. The van der Waals surface area contributed by atoms with E-state index in [0.717, 1.165) is 0 Å². The number of ether oxygens (including phenoxy) is 1. The maximum Gasteiger partial charge on any atom is 0.269 e. The molecule has 1 heterocycles. The number of hydrogen-bond acceptors (Lipinski definition) is 6. The lowest BCUT2D eigenvalue weighted by Gasteiger charge is -2.16. The molecule has 0 spiro atoms. The second kappa shape index (κ2) is 7.31. The van der Waals surface area contributed by atoms with Gasteiger partial charge in [-0.05, 0) is 30.3 Å². The molecule has 2 aromatic rings. The number of rotatable bonds is 5. The molecule has 3 amide bonds. The fraction of sp³-hybridized carbons (Fsp3) is 0.167. The Morgan fingerprint density at radius 3 is 2.46 bits per heavy atom. The zero-order valence-electron chi connectivity index (χ0n) is 15.1. The average molecular weight is 403 g/mol. The van der Waals surface area contributed by atoms with E-state index in [1.807, 2.05) is 0 Å². The molecule has 2 aromatic carbocycles. The van der Waals surface area contributed by atoms with Crippen LogP contribution in [0.5, 0.6) is 5.75 Å². The van der Waals surface area contributed by atoms with E-state index in [2.05, 4.69) is 10.6 Å². The van der Waals surface area contributed by atoms with E-state index < -0.39 is 28.4 Å². The van der Waals surface area contributed by atoms with Gasteiger partial charge in [-0.15, -0.1) is 0 Å². The molecule has 0 atom stereocenters. The first-order valence-corrected chi connectivity index (χ1v) is 9.59. The summed E-state index contributed by atoms with van der Waals surface area (Å²) >= 11 is 0. The molecule has 0 fully saturated rings. The Balaban J connectivity index is 1.82. The Labute approximate surface area is 161 Å². The van der Waals surface area contributed by atoms with Gasteiger partial charge in [0, 0.05) is 12.6 Å². The SMILES string of the molecule is COc1ccc(NC(C)=O)cc1NC(=O)CN1C(=O)c2ccccc2S1(=O)=O. The fourth-order valence-corrected chi connectivity index (χ4v) is 4.32. The highest BCUT2D eigenvalue weighted by molar-refractivity contribution is 7.90. The van der Waals surface area contributed by atoms with E-state index in [1.54, 1.807) is 12.1 Å². The average Bonchev–Trinajstić information content (AvgIpc) is 2.83. The second-order valence-corrected chi connectivity index (χ2v) is 7.79. The van der Waals surface area contributed by atoms with Crippen molar-refractivity contribution in [2.24, 2.45) is 0 Å². The lowest BCUT2D eigenvalue weighted by atomic mass is 10.2. The number of nitrogens with zero attached hydrogens (tertiary/aromatic N) is 1. The van der Waals surface area contributed by atoms with Gasteiger partial charge in [-0.25, -0.2) is 12.7 Å². The molecule has 3 rings (SSSR count). The van der Waals surface area contributed by atoms with Gasteiger partial charge in [0.05, 0.1) is 18.4 Å². The van der Waals surface area contributed by atoms with Gasteiger partial charge in [0.15, 0.2) is 0 Å². The Hall–Kier alpha value is -3.40. The molecule has 0 unspecified atom stereocenters. The molecule has 0 radical (unpaired) electrons. The first-order valence-electron chi connectivity index (χ1n) is 8.15. The summed E-state index contributed by atoms with van der Waals surface area (Å²) < 4.78 is 30.8. The van der Waals surface area contributed by atoms with Gasteiger partial charge < -0.3 is 15.4 Å². The number of benzene rings is 2. The largest absolute Gasteiger partial charge is 0.495 e. The molecule has 0 bridgehead atoms. The molecule has 0 saturated heterocycles. The van der Waals surface area contributed by atoms with Crippen molar-refractivity contribution in [2.45, 2.75) is 11.8 Å². The van der Waals surface area contributed by atoms with Crippen molar-refractivity contribution in [2.75, 3.05) is 24.3 Å². The minimum Gasteiger partial charge on any atom is -0.495 e. The van der Waals surface area contributed by atoms with Crippen LogP contribution in [0.4, 0.5) is 11.4 Å². The zero-order chi connectivity index (χ0) is 20.5. The van der Waals surface area contributed by atoms with E-state index in [4.69, 9.17) is 4.74 Å². The maximum atomic E-state index is 12.5. The topological polar surface area (TPSA) is 122 Å². The summed E-state index contributed by atoms with van der Waals surface area (Å²) in [6.45, 7) is 0.646. The van der Waals surface area contributed by atoms with Crippen LogP contribution in [0.25, 0.3) is 0 Å². The number of sulfonamides is 1. The van der Waals surface area contributed by atoms with Crippen LogP contribution in [0.1, 0.15) is 17.3 Å². The molecule has 10 heteroatoms. The van der Waals surface area contributed by atoms with E-state index in [1.165, 1.54) is 44.4 Å². The molecular formula is C18H17N3O6S. The van der Waals surface area contributed by atoms with Gasteiger partial charge in [0.25, 0.3) is 15.9 Å². The van der Waals surface area contributed by atoms with Gasteiger partial charge >= 0.3 is 0 Å². The van der Waals surface area contributed by atoms with Crippen LogP contribution in [0.3, 0.4) is 0 Å². The van der Waals surface area contributed by atoms with Crippen molar-refractivity contribution in [1.82, 2.24) is 4.31 Å². The number of carbonyl (C=O) groups is 3. The Morgan fingerprint density at radius 1 is 1.11 bits per heavy atom. The normalized spacial score (nSPS) is 14.4. The summed E-state index contributed by atoms with van der Waals surface area (Å²) in [5.74, 6) is -1.48. The summed E-state index contributed by atoms with van der Waals surface area (Å²) in [6.07, 6.45) is 0. The third kappa shape index (κ3) is 3.54. The van der Waals surface area contributed by atoms with Crippen molar-refractivity contribution in [3.63, 3.8) is 0 Å². The zero-order valence-corrected chi connectivity index (χ0v) is 15.9. The molecule has 146 valence electrons. The van der Waals surface area contributed by atoms with E-state index >= 15 is 0 Å². The molecule has 2 N–H and O–H groups in total. The van der Waals surface area contributed by atoms with Crippen molar-refractivity contribution in [3.05, 3.63) is 48.0 Å². The van der Waals surface area contributed by atoms with Gasteiger partial charge in [-0.1, -0.05) is 12.1 Å². The summed E-state index contributed by atoms with van der Waals surface area (Å²) in [5, 5.41) is 5.08. The standard InChI is InChI=1S/C18H17N3O6S/c1-11(22)19-12-7-8-15(27-2)14(9-12)20-17(23)10-21-18(24)13-5-3-4-6-16(13)28(21,25)26/h3-9H,10H2,1-2H3,(H,19,22)(H,20,23). The number of fused-ring (bicyclic) bond motifs is 1. The lowest BCUT2D eigenvalue weighted by molar-refractivity contribution is -0.116. The minimum absolute atomic E-state index is 0.0283. The van der Waals surface area contributed by atoms with Crippen LogP contribution in [-0.4, -0.2) is 44.1 Å². The number of anilines is 2. The summed E-state index contributed by atoms with van der Waals surface area (Å²) in [4.78, 5) is 35.9. The summed E-state index contributed by atoms with van der Waals surface area (Å²) in [7, 11) is -2.69. The van der Waals surface area contributed by atoms with Crippen LogP contribution in [-0.2, 0) is 19.6 Å². The molecule has 28 heavy (non-hydrogen) atoms. The molecule has 0 saturated carbocycles. The Kier molecular flexibility index (Phi) is 5.06. The van der Waals surface area contributed by atoms with E-state index in [9.17, 15) is 22.8 Å². The van der Waals surface area contributed by atoms with Gasteiger partial charge in [0.1, 0.15) is 17.2 Å². The van der Waals surface area contributed by atoms with Crippen LogP contribution >= 0.6 is 0 Å². The fourth-order valence-electron chi connectivity index (χ4n) is 2.79. The molecule has 0 aromatic heterocycles. The number of hydrogen-bond donors (Lipinski definition) is 2. The Bertz CT molecular complexity index is 1080. The predicted molar refractivity (Wildman–Crippen MR) is 101 cm³/mol. The number of amides is 3. The van der Waals surface area contributed by atoms with Crippen LogP contribution in [0.15, 0.2) is 47.4 Å². The first-order chi connectivity index (χ1) is 13.2. The quantitative estimate of drug-likeness (QED) is 0.779. The smallest absolute Gasteiger partial charge is 0.269 e. The van der Waals surface area contributed by atoms with Crippen LogP contribution < -0.4 is 15.4 Å². The van der Waals surface area contributed by atoms with Crippen molar-refractivity contribution in [1.29, 1.82) is 0 Å². The maximum absolute atomic E-state index is 12.5. The van der Waals surface area contributed by atoms with Crippen molar-refractivity contribution in [3.8, 4) is 5.75 Å². The van der Waals surface area contributed by atoms with Gasteiger partial charge in [-0.3, -0.25) is 14.4 Å². The summed E-state index contributed by atoms with van der Waals surface area (Å²) in [6, 6.07) is 10.4. The van der Waals surface area contributed by atoms with Crippen molar-refractivity contribution < 1.29 is 27.5 Å². The number of carbonyl (C=O) groups excluding carboxylic acids is 3. The lowest BCUT2D eigenvalue weighted by Crippen LogP contribution is -2.37. The first kappa shape index (κ1) is 19.4. The van der Waals surface area contributed by atoms with Crippen LogP contribution in [0, 0.1) is 0 Å². The monoisotopic (exact) mass is 403 g/mol. The number of nitrogens with one attached hydrogen (secondary N) is 2. The molecule has 1 aliphatic heterocycles. The highest BCUT2D eigenvalue weighted by Crippen LogP contribution is 2.31. The molecule has 9 nitrogen and oxygen atoms in total. The summed E-state index contributed by atoms with van der Waals surface area (Å²) in [5.41, 5.74) is 0.668. The minimum atomic E-state index is -4.09. The molecular weight excluding hydrogens is 386 g/mol.